The van der Waals surface area contributed by atoms with E-state index < -0.39 is 23.3 Å². The number of nitrogens with zero attached hydrogens (tertiary/aromatic N) is 5. The summed E-state index contributed by atoms with van der Waals surface area (Å²) in [4.78, 5) is 18.0. The van der Waals surface area contributed by atoms with Crippen molar-refractivity contribution in [2.45, 2.75) is 49.7 Å². The van der Waals surface area contributed by atoms with Crippen LogP contribution in [-0.2, 0) is 0 Å². The molecule has 4 aromatic rings. The predicted molar refractivity (Wildman–Crippen MR) is 170 cm³/mol. The van der Waals surface area contributed by atoms with Gasteiger partial charge >= 0.3 is 192 Å². The first-order chi connectivity index (χ1) is 22.7. The van der Waals surface area contributed by atoms with E-state index in [4.69, 9.17) is 9.72 Å². The van der Waals surface area contributed by atoms with Crippen LogP contribution < -0.4 is 15.0 Å². The third-order valence-electron chi connectivity index (χ3n) is 10.1. The van der Waals surface area contributed by atoms with E-state index >= 15 is 8.78 Å². The van der Waals surface area contributed by atoms with Gasteiger partial charge in [0.25, 0.3) is 6.08 Å². The second kappa shape index (κ2) is 11.9. The maximum absolute atomic E-state index is 16.9. The van der Waals surface area contributed by atoms with Gasteiger partial charge in [-0.3, -0.25) is 4.90 Å². The molecule has 2 aromatic heterocycles. The van der Waals surface area contributed by atoms with Crippen molar-refractivity contribution >= 4 is 53.3 Å². The Morgan fingerprint density at radius 2 is 1.96 bits per heavy atom. The number of fused-ring (bicyclic) bond motifs is 5. The van der Waals surface area contributed by atoms with Crippen LogP contribution in [0.5, 0.6) is 11.8 Å². The van der Waals surface area contributed by atoms with Crippen molar-refractivity contribution in [2.24, 2.45) is 0 Å². The van der Waals surface area contributed by atoms with Crippen LogP contribution in [0.3, 0.4) is 0 Å². The molecular formula is C34H29F4N6O2Tl. The van der Waals surface area contributed by atoms with E-state index in [2.05, 4.69) is 29.6 Å². The molecule has 4 aliphatic heterocycles. The number of aromatic hydroxyl groups is 1. The van der Waals surface area contributed by atoms with Gasteiger partial charge in [0, 0.05) is 24.2 Å². The van der Waals surface area contributed by atoms with E-state index in [-0.39, 0.29) is 71.3 Å². The van der Waals surface area contributed by atoms with Crippen LogP contribution in [-0.4, -0.2) is 101 Å². The van der Waals surface area contributed by atoms with Gasteiger partial charge in [-0.1, -0.05) is 0 Å². The van der Waals surface area contributed by atoms with Gasteiger partial charge < -0.3 is 5.32 Å². The van der Waals surface area contributed by atoms with Crippen molar-refractivity contribution in [3.05, 3.63) is 59.3 Å². The number of phenolic OH excluding ortho intramolecular Hbond substituents is 1. The second-order valence-corrected chi connectivity index (χ2v) is 14.0. The number of rotatable bonds is 5. The fourth-order valence-electron chi connectivity index (χ4n) is 7.96. The van der Waals surface area contributed by atoms with E-state index in [1.54, 1.807) is 0 Å². The Labute approximate surface area is 283 Å². The molecule has 8 nitrogen and oxygen atoms in total. The van der Waals surface area contributed by atoms with E-state index in [0.29, 0.717) is 73.8 Å². The van der Waals surface area contributed by atoms with Gasteiger partial charge in [-0.15, -0.1) is 0 Å². The standard InChI is InChI=1S/C34H29F4N6O2.Tl/c1-2-23-26(35)7-4-18-10-22(45)11-24(27(18)23)29-28(36)30-25(13-39-29)32(43-15-20-5-6-21(16-43)40-20)42-33(41-30)46-17-34-8-3-9-44(34)14-19(12-34)31(37)38;/h4,7,10-11,13,20-21,40,45H,3,5-6,8-9,12,14-17H2;. The third-order valence-corrected chi connectivity index (χ3v) is 10.6. The normalized spacial score (nSPS) is 23.7. The Balaban J connectivity index is 1.27. The number of nitrogens with one attached hydrogen (secondary N) is 1. The number of hydrogen-bond acceptors (Lipinski definition) is 8. The molecular weight excluding hydrogens is 805 g/mol. The number of anilines is 1. The second-order valence-electron chi connectivity index (χ2n) is 12.9. The van der Waals surface area contributed by atoms with E-state index in [9.17, 15) is 13.9 Å². The summed E-state index contributed by atoms with van der Waals surface area (Å²) in [5.41, 5.74) is -0.339. The van der Waals surface area contributed by atoms with E-state index in [1.165, 1.54) is 30.5 Å². The molecule has 4 fully saturated rings. The van der Waals surface area contributed by atoms with Crippen molar-refractivity contribution in [1.82, 2.24) is 25.2 Å². The first kappa shape index (κ1) is 30.8. The molecule has 0 aliphatic carbocycles. The number of hydrogen-bond donors (Lipinski definition) is 2. The van der Waals surface area contributed by atoms with Crippen molar-refractivity contribution in [2.75, 3.05) is 37.7 Å². The Kier molecular flexibility index (Phi) is 7.76. The molecule has 8 rings (SSSR count). The topological polar surface area (TPSA) is 86.6 Å². The summed E-state index contributed by atoms with van der Waals surface area (Å²) >= 11 is 0.290. The molecule has 0 amide bonds. The fourth-order valence-corrected chi connectivity index (χ4v) is 8.52. The van der Waals surface area contributed by atoms with Crippen molar-refractivity contribution in [3.63, 3.8) is 0 Å². The number of benzene rings is 2. The quantitative estimate of drug-likeness (QED) is 0.165. The van der Waals surface area contributed by atoms with Crippen LogP contribution in [0, 0.1) is 21.0 Å². The molecule has 47 heavy (non-hydrogen) atoms. The number of aromatic nitrogens is 3. The van der Waals surface area contributed by atoms with Gasteiger partial charge in [0.15, 0.2) is 0 Å². The summed E-state index contributed by atoms with van der Waals surface area (Å²) < 4.78 is 68.2. The molecule has 3 unspecified atom stereocenters. The average molecular weight is 834 g/mol. The summed E-state index contributed by atoms with van der Waals surface area (Å²) in [5.74, 6) is 1.88. The Morgan fingerprint density at radius 3 is 2.72 bits per heavy atom. The minimum atomic E-state index is -1.65. The SMILES string of the molecule is Oc1cc(-c2ncc3c(N4CC5CCC(C4)N5)nc(OCC45CCCN4CC(=C(F)F)C5)nc3c2F)c2c(C#[C][Tl])c(F)ccc2c1. The van der Waals surface area contributed by atoms with Gasteiger partial charge in [0.1, 0.15) is 0 Å². The van der Waals surface area contributed by atoms with Crippen LogP contribution >= 0.6 is 0 Å². The molecule has 2 aromatic carbocycles. The molecule has 0 radical (unpaired) electrons. The molecule has 2 N–H and O–H groups in total. The number of piperazine rings is 1. The zero-order valence-corrected chi connectivity index (χ0v) is 29.8. The zero-order valence-electron chi connectivity index (χ0n) is 25.3. The van der Waals surface area contributed by atoms with Crippen LogP contribution in [0.1, 0.15) is 37.7 Å². The predicted octanol–water partition coefficient (Wildman–Crippen LogP) is 5.01. The molecule has 3 atom stereocenters. The summed E-state index contributed by atoms with van der Waals surface area (Å²) in [5, 5.41) is 15.4. The molecule has 238 valence electrons. The monoisotopic (exact) mass is 834 g/mol. The van der Waals surface area contributed by atoms with Gasteiger partial charge in [-0.05, 0) is 38.6 Å². The van der Waals surface area contributed by atoms with Crippen molar-refractivity contribution < 1.29 is 27.4 Å². The third kappa shape index (κ3) is 5.30. The number of ether oxygens (including phenoxy) is 1. The molecule has 13 heteroatoms. The molecule has 4 aliphatic rings. The maximum atomic E-state index is 16.9. The van der Waals surface area contributed by atoms with Gasteiger partial charge in [-0.2, -0.15) is 8.78 Å². The van der Waals surface area contributed by atoms with Crippen LogP contribution in [0.4, 0.5) is 23.4 Å². The zero-order chi connectivity index (χ0) is 32.4. The molecule has 2 bridgehead atoms. The number of halogens is 4. The van der Waals surface area contributed by atoms with Gasteiger partial charge in [0.2, 0.25) is 0 Å². The average Bonchev–Trinajstić information content (AvgIpc) is 3.72. The molecule has 6 heterocycles. The first-order valence-corrected chi connectivity index (χ1v) is 17.9. The summed E-state index contributed by atoms with van der Waals surface area (Å²) in [7, 11) is 0. The summed E-state index contributed by atoms with van der Waals surface area (Å²) in [6.45, 7) is 2.30. The summed E-state index contributed by atoms with van der Waals surface area (Å²) in [6.07, 6.45) is 3.68. The summed E-state index contributed by atoms with van der Waals surface area (Å²) in [6, 6.07) is 6.11. The van der Waals surface area contributed by atoms with Crippen molar-refractivity contribution in [3.8, 4) is 32.4 Å². The van der Waals surface area contributed by atoms with Crippen LogP contribution in [0.15, 0.2) is 42.1 Å². The first-order valence-electron chi connectivity index (χ1n) is 15.7. The van der Waals surface area contributed by atoms with E-state index in [1.807, 2.05) is 4.90 Å². The molecule has 0 saturated carbocycles. The number of pyridine rings is 1. The van der Waals surface area contributed by atoms with Gasteiger partial charge in [-0.25, -0.2) is 0 Å². The fraction of sp³-hybridized carbons (Fsp3) is 0.382. The van der Waals surface area contributed by atoms with Crippen LogP contribution in [0.2, 0.25) is 0 Å². The number of phenols is 1. The van der Waals surface area contributed by atoms with Crippen molar-refractivity contribution in [1.29, 1.82) is 0 Å². The Bertz CT molecular complexity index is 2030. The molecule has 4 saturated heterocycles. The molecule has 0 spiro atoms. The Morgan fingerprint density at radius 1 is 1.15 bits per heavy atom. The van der Waals surface area contributed by atoms with Gasteiger partial charge in [0.05, 0.1) is 5.54 Å². The van der Waals surface area contributed by atoms with E-state index in [0.717, 1.165) is 19.3 Å². The Hall–Kier alpha value is -3.55. The minimum absolute atomic E-state index is 0.0339. The van der Waals surface area contributed by atoms with Crippen LogP contribution in [0.25, 0.3) is 32.9 Å².